The number of aromatic amines is 1. The summed E-state index contributed by atoms with van der Waals surface area (Å²) in [6.45, 7) is 2.82. The van der Waals surface area contributed by atoms with E-state index < -0.39 is 12.4 Å². The van der Waals surface area contributed by atoms with E-state index in [4.69, 9.17) is 4.74 Å². The molecule has 2 fully saturated rings. The number of aromatic nitrogens is 3. The third-order valence-corrected chi connectivity index (χ3v) is 7.42. The van der Waals surface area contributed by atoms with Crippen LogP contribution in [0.25, 0.3) is 11.0 Å². The number of nitrogens with zero attached hydrogens (tertiary/aromatic N) is 5. The van der Waals surface area contributed by atoms with Crippen LogP contribution in [0.4, 0.5) is 13.2 Å². The van der Waals surface area contributed by atoms with Crippen molar-refractivity contribution in [2.45, 2.75) is 37.7 Å². The lowest BCUT2D eigenvalue weighted by Gasteiger charge is -2.37. The van der Waals surface area contributed by atoms with Gasteiger partial charge in [0.1, 0.15) is 0 Å². The molecule has 0 saturated carbocycles. The molecule has 3 aromatic rings. The number of hydrogen-bond acceptors (Lipinski definition) is 7. The number of piperidine rings is 1. The third kappa shape index (κ3) is 5.77. The molecule has 12 heteroatoms. The maximum atomic E-state index is 13.0. The molecule has 2 N–H and O–H groups in total. The Morgan fingerprint density at radius 1 is 1.13 bits per heavy atom. The highest BCUT2D eigenvalue weighted by Gasteiger charge is 2.43. The molecule has 2 aromatic heterocycles. The highest BCUT2D eigenvalue weighted by Crippen LogP contribution is 2.31. The number of pyridine rings is 1. The van der Waals surface area contributed by atoms with Gasteiger partial charge < -0.3 is 19.7 Å². The molecule has 1 atom stereocenters. The van der Waals surface area contributed by atoms with Gasteiger partial charge in [-0.25, -0.2) is 9.97 Å². The number of carbonyl (C=O) groups excluding carboxylic acids is 1. The molecule has 204 valence electrons. The monoisotopic (exact) mass is 532 g/mol. The number of aliphatic hydroxyl groups excluding tert-OH is 1. The SMILES string of the molecule is COc1ccc(CN2CCC(c3ccc4nc(C(=O)N5CCN(C(O)C(F)(F)F)CC5)[nH]c4c3)CC2)cn1. The maximum Gasteiger partial charge on any atom is 0.428 e. The van der Waals surface area contributed by atoms with Crippen molar-refractivity contribution in [2.24, 2.45) is 0 Å². The van der Waals surface area contributed by atoms with Gasteiger partial charge in [0.25, 0.3) is 5.91 Å². The first kappa shape index (κ1) is 26.4. The zero-order valence-electron chi connectivity index (χ0n) is 21.1. The van der Waals surface area contributed by atoms with Crippen LogP contribution in [0.3, 0.4) is 0 Å². The summed E-state index contributed by atoms with van der Waals surface area (Å²) in [7, 11) is 1.60. The molecule has 0 radical (unpaired) electrons. The predicted molar refractivity (Wildman–Crippen MR) is 134 cm³/mol. The number of carbonyl (C=O) groups is 1. The number of piperazine rings is 1. The van der Waals surface area contributed by atoms with Crippen LogP contribution in [-0.4, -0.2) is 99.4 Å². The van der Waals surface area contributed by atoms with E-state index in [0.29, 0.717) is 17.3 Å². The molecule has 0 aliphatic carbocycles. The number of amides is 1. The fourth-order valence-electron chi connectivity index (χ4n) is 5.22. The molecule has 4 heterocycles. The predicted octanol–water partition coefficient (Wildman–Crippen LogP) is 2.98. The first-order valence-electron chi connectivity index (χ1n) is 12.7. The Bertz CT molecular complexity index is 1250. The number of imidazole rings is 1. The number of ether oxygens (including phenoxy) is 1. The topological polar surface area (TPSA) is 97.8 Å². The number of benzene rings is 1. The minimum Gasteiger partial charge on any atom is -0.481 e. The first-order chi connectivity index (χ1) is 18.2. The summed E-state index contributed by atoms with van der Waals surface area (Å²) in [4.78, 5) is 29.6. The minimum atomic E-state index is -4.72. The standard InChI is InChI=1S/C26H31F3N6O3/c1-38-22-5-2-17(15-30-22)16-33-8-6-18(7-9-33)19-3-4-20-21(14-19)32-23(31-20)24(36)34-10-12-35(13-11-34)25(37)26(27,28)29/h2-5,14-15,18,25,37H,6-13,16H2,1H3,(H,31,32). The molecule has 1 unspecified atom stereocenters. The molecule has 2 aliphatic heterocycles. The van der Waals surface area contributed by atoms with Crippen molar-refractivity contribution in [3.05, 3.63) is 53.5 Å². The quantitative estimate of drug-likeness (QED) is 0.504. The molecule has 38 heavy (non-hydrogen) atoms. The van der Waals surface area contributed by atoms with Crippen LogP contribution < -0.4 is 4.74 Å². The lowest BCUT2D eigenvalue weighted by Crippen LogP contribution is -2.55. The van der Waals surface area contributed by atoms with E-state index in [1.165, 1.54) is 10.5 Å². The van der Waals surface area contributed by atoms with Crippen molar-refractivity contribution in [1.29, 1.82) is 0 Å². The number of nitrogens with one attached hydrogen (secondary N) is 1. The molecule has 2 saturated heterocycles. The van der Waals surface area contributed by atoms with E-state index in [0.717, 1.165) is 48.5 Å². The highest BCUT2D eigenvalue weighted by atomic mass is 19.4. The summed E-state index contributed by atoms with van der Waals surface area (Å²) in [6.07, 6.45) is -3.35. The number of fused-ring (bicyclic) bond motifs is 1. The summed E-state index contributed by atoms with van der Waals surface area (Å²) in [5, 5.41) is 9.45. The average molecular weight is 533 g/mol. The van der Waals surface area contributed by atoms with Crippen molar-refractivity contribution in [3.8, 4) is 5.88 Å². The summed E-state index contributed by atoms with van der Waals surface area (Å²) >= 11 is 0. The van der Waals surface area contributed by atoms with Gasteiger partial charge >= 0.3 is 6.18 Å². The van der Waals surface area contributed by atoms with Crippen molar-refractivity contribution >= 4 is 16.9 Å². The van der Waals surface area contributed by atoms with Gasteiger partial charge in [-0.2, -0.15) is 13.2 Å². The Morgan fingerprint density at radius 2 is 1.87 bits per heavy atom. The van der Waals surface area contributed by atoms with Crippen LogP contribution in [0.15, 0.2) is 36.5 Å². The van der Waals surface area contributed by atoms with Crippen molar-refractivity contribution in [3.63, 3.8) is 0 Å². The number of halogens is 3. The Balaban J connectivity index is 1.17. The normalized spacial score (nSPS) is 19.1. The summed E-state index contributed by atoms with van der Waals surface area (Å²) in [5.74, 6) is 0.824. The van der Waals surface area contributed by atoms with Gasteiger partial charge in [0.2, 0.25) is 12.1 Å². The summed E-state index contributed by atoms with van der Waals surface area (Å²) in [5.41, 5.74) is 3.79. The minimum absolute atomic E-state index is 0.0650. The Kier molecular flexibility index (Phi) is 7.55. The second-order valence-electron chi connectivity index (χ2n) is 9.86. The summed E-state index contributed by atoms with van der Waals surface area (Å²) in [6, 6.07) is 9.92. The lowest BCUT2D eigenvalue weighted by molar-refractivity contribution is -0.252. The van der Waals surface area contributed by atoms with Crippen LogP contribution in [0.5, 0.6) is 5.88 Å². The smallest absolute Gasteiger partial charge is 0.428 e. The van der Waals surface area contributed by atoms with Gasteiger partial charge in [0, 0.05) is 45.0 Å². The Labute approximate surface area is 218 Å². The van der Waals surface area contributed by atoms with Crippen LogP contribution in [0, 0.1) is 0 Å². The van der Waals surface area contributed by atoms with E-state index in [-0.39, 0.29) is 37.9 Å². The van der Waals surface area contributed by atoms with Crippen molar-refractivity contribution in [1.82, 2.24) is 29.7 Å². The van der Waals surface area contributed by atoms with E-state index in [1.54, 1.807) is 7.11 Å². The largest absolute Gasteiger partial charge is 0.481 e. The summed E-state index contributed by atoms with van der Waals surface area (Å²) < 4.78 is 43.4. The fourth-order valence-corrected chi connectivity index (χ4v) is 5.22. The molecule has 1 aromatic carbocycles. The molecule has 1 amide bonds. The molecule has 0 bridgehead atoms. The molecule has 9 nitrogen and oxygen atoms in total. The van der Waals surface area contributed by atoms with Crippen LogP contribution >= 0.6 is 0 Å². The van der Waals surface area contributed by atoms with E-state index in [1.807, 2.05) is 30.5 Å². The zero-order valence-corrected chi connectivity index (χ0v) is 21.1. The third-order valence-electron chi connectivity index (χ3n) is 7.42. The van der Waals surface area contributed by atoms with E-state index >= 15 is 0 Å². The Hall–Kier alpha value is -3.22. The van der Waals surface area contributed by atoms with Crippen molar-refractivity contribution in [2.75, 3.05) is 46.4 Å². The van der Waals surface area contributed by atoms with Gasteiger partial charge in [0.05, 0.1) is 18.1 Å². The second kappa shape index (κ2) is 10.9. The van der Waals surface area contributed by atoms with Gasteiger partial charge in [-0.15, -0.1) is 0 Å². The molecule has 2 aliphatic rings. The lowest BCUT2D eigenvalue weighted by atomic mass is 9.89. The number of hydrogen-bond donors (Lipinski definition) is 2. The van der Waals surface area contributed by atoms with Crippen LogP contribution in [-0.2, 0) is 6.54 Å². The number of H-pyrrole nitrogens is 1. The van der Waals surface area contributed by atoms with Gasteiger partial charge in [-0.3, -0.25) is 14.6 Å². The average Bonchev–Trinajstić information content (AvgIpc) is 3.36. The first-order valence-corrected chi connectivity index (χ1v) is 12.7. The number of likely N-dealkylation sites (tertiary alicyclic amines) is 1. The van der Waals surface area contributed by atoms with Gasteiger partial charge in [0.15, 0.2) is 5.82 Å². The maximum absolute atomic E-state index is 13.0. The molecular formula is C26H31F3N6O3. The number of rotatable bonds is 6. The highest BCUT2D eigenvalue weighted by molar-refractivity contribution is 5.94. The van der Waals surface area contributed by atoms with E-state index in [9.17, 15) is 23.1 Å². The second-order valence-corrected chi connectivity index (χ2v) is 9.86. The number of alkyl halides is 3. The zero-order chi connectivity index (χ0) is 26.9. The van der Waals surface area contributed by atoms with Crippen LogP contribution in [0.1, 0.15) is 40.5 Å². The fraction of sp³-hybridized carbons (Fsp3) is 0.500. The molecular weight excluding hydrogens is 501 g/mol. The number of aliphatic hydroxyl groups is 1. The molecule has 0 spiro atoms. The molecule has 5 rings (SSSR count). The van der Waals surface area contributed by atoms with Crippen molar-refractivity contribution < 1.29 is 27.8 Å². The van der Waals surface area contributed by atoms with Crippen LogP contribution in [0.2, 0.25) is 0 Å². The van der Waals surface area contributed by atoms with Gasteiger partial charge in [-0.1, -0.05) is 12.1 Å². The van der Waals surface area contributed by atoms with E-state index in [2.05, 4.69) is 25.9 Å². The Morgan fingerprint density at radius 3 is 2.50 bits per heavy atom. The number of methoxy groups -OCH3 is 1. The van der Waals surface area contributed by atoms with Gasteiger partial charge in [-0.05, 0) is 55.1 Å².